The highest BCUT2D eigenvalue weighted by Gasteiger charge is 2.33. The van der Waals surface area contributed by atoms with Gasteiger partial charge in [0, 0.05) is 18.0 Å². The number of amides is 1. The summed E-state index contributed by atoms with van der Waals surface area (Å²) >= 11 is 1.62. The van der Waals surface area contributed by atoms with Crippen molar-refractivity contribution in [3.63, 3.8) is 0 Å². The van der Waals surface area contributed by atoms with Crippen LogP contribution in [-0.4, -0.2) is 37.0 Å². The molecule has 19 heavy (non-hydrogen) atoms. The molecule has 0 radical (unpaired) electrons. The first-order valence-electron chi connectivity index (χ1n) is 6.67. The third-order valence-electron chi connectivity index (χ3n) is 3.97. The second kappa shape index (κ2) is 4.96. The molecule has 5 heteroatoms. The molecule has 1 amide bonds. The van der Waals surface area contributed by atoms with Crippen LogP contribution >= 0.6 is 11.3 Å². The molecule has 2 aliphatic rings. The molecule has 2 heterocycles. The van der Waals surface area contributed by atoms with E-state index in [4.69, 9.17) is 4.74 Å². The summed E-state index contributed by atoms with van der Waals surface area (Å²) < 4.78 is 4.74. The molecular weight excluding hydrogens is 262 g/mol. The minimum absolute atomic E-state index is 0.0748. The van der Waals surface area contributed by atoms with Gasteiger partial charge in [-0.05, 0) is 37.3 Å². The van der Waals surface area contributed by atoms with E-state index < -0.39 is 0 Å². The predicted molar refractivity (Wildman–Crippen MR) is 72.4 cm³/mol. The van der Waals surface area contributed by atoms with Crippen molar-refractivity contribution in [1.29, 1.82) is 0 Å². The van der Waals surface area contributed by atoms with E-state index >= 15 is 0 Å². The van der Waals surface area contributed by atoms with Gasteiger partial charge in [0.15, 0.2) is 0 Å². The fraction of sp³-hybridized carbons (Fsp3) is 0.571. The van der Waals surface area contributed by atoms with Gasteiger partial charge in [-0.1, -0.05) is 0 Å². The van der Waals surface area contributed by atoms with Gasteiger partial charge in [0.05, 0.1) is 17.9 Å². The van der Waals surface area contributed by atoms with Gasteiger partial charge >= 0.3 is 5.97 Å². The van der Waals surface area contributed by atoms with E-state index in [2.05, 4.69) is 0 Å². The molecule has 0 saturated carbocycles. The van der Waals surface area contributed by atoms with Gasteiger partial charge in [-0.15, -0.1) is 11.3 Å². The SMILES string of the molecule is COC(=O)C1CCN(C(=O)c2cc3c(s2)CCC3)C1. The number of aryl methyl sites for hydroxylation is 2. The molecule has 1 aliphatic heterocycles. The van der Waals surface area contributed by atoms with Crippen LogP contribution in [-0.2, 0) is 22.4 Å². The van der Waals surface area contributed by atoms with Crippen LogP contribution in [0.3, 0.4) is 0 Å². The Bertz CT molecular complexity index is 501. The number of hydrogen-bond donors (Lipinski definition) is 0. The van der Waals surface area contributed by atoms with E-state index in [0.29, 0.717) is 19.5 Å². The maximum absolute atomic E-state index is 12.4. The summed E-state index contributed by atoms with van der Waals surface area (Å²) in [5.41, 5.74) is 1.34. The number of ether oxygens (including phenoxy) is 1. The molecule has 0 spiro atoms. The molecule has 1 saturated heterocycles. The largest absolute Gasteiger partial charge is 0.469 e. The second-order valence-corrected chi connectivity index (χ2v) is 6.31. The number of esters is 1. The highest BCUT2D eigenvalue weighted by molar-refractivity contribution is 7.14. The number of hydrogen-bond acceptors (Lipinski definition) is 4. The van der Waals surface area contributed by atoms with Crippen LogP contribution in [0.4, 0.5) is 0 Å². The molecular formula is C14H17NO3S. The summed E-state index contributed by atoms with van der Waals surface area (Å²) in [6, 6.07) is 2.04. The van der Waals surface area contributed by atoms with E-state index in [9.17, 15) is 9.59 Å². The molecule has 0 N–H and O–H groups in total. The molecule has 4 nitrogen and oxygen atoms in total. The number of carbonyl (C=O) groups excluding carboxylic acids is 2. The molecule has 1 fully saturated rings. The van der Waals surface area contributed by atoms with Gasteiger partial charge in [-0.25, -0.2) is 0 Å². The second-order valence-electron chi connectivity index (χ2n) is 5.17. The third-order valence-corrected chi connectivity index (χ3v) is 5.19. The highest BCUT2D eigenvalue weighted by Crippen LogP contribution is 2.32. The van der Waals surface area contributed by atoms with Crippen molar-refractivity contribution in [2.75, 3.05) is 20.2 Å². The Morgan fingerprint density at radius 1 is 1.42 bits per heavy atom. The van der Waals surface area contributed by atoms with Gasteiger partial charge in [-0.3, -0.25) is 9.59 Å². The average Bonchev–Trinajstić information content (AvgIpc) is 3.10. The Morgan fingerprint density at radius 3 is 3.00 bits per heavy atom. The van der Waals surface area contributed by atoms with Crippen LogP contribution in [0.5, 0.6) is 0 Å². The maximum Gasteiger partial charge on any atom is 0.310 e. The fourth-order valence-electron chi connectivity index (χ4n) is 2.89. The number of methoxy groups -OCH3 is 1. The summed E-state index contributed by atoms with van der Waals surface area (Å²) in [5, 5.41) is 0. The predicted octanol–water partition coefficient (Wildman–Crippen LogP) is 1.87. The molecule has 1 aliphatic carbocycles. The van der Waals surface area contributed by atoms with Gasteiger partial charge < -0.3 is 9.64 Å². The van der Waals surface area contributed by atoms with Crippen molar-refractivity contribution >= 4 is 23.2 Å². The monoisotopic (exact) mass is 279 g/mol. The number of rotatable bonds is 2. The van der Waals surface area contributed by atoms with Crippen molar-refractivity contribution in [1.82, 2.24) is 4.90 Å². The van der Waals surface area contributed by atoms with E-state index in [0.717, 1.165) is 17.7 Å². The summed E-state index contributed by atoms with van der Waals surface area (Å²) in [6.45, 7) is 1.15. The molecule has 3 rings (SSSR count). The van der Waals surface area contributed by atoms with Crippen LogP contribution in [0.1, 0.15) is 33.0 Å². The standard InChI is InChI=1S/C14H17NO3S/c1-18-14(17)10-5-6-15(8-10)13(16)12-7-9-3-2-4-11(9)19-12/h7,10H,2-6,8H2,1H3. The summed E-state index contributed by atoms with van der Waals surface area (Å²) in [7, 11) is 1.40. The Balaban J connectivity index is 1.69. The number of likely N-dealkylation sites (tertiary alicyclic amines) is 1. The first-order valence-corrected chi connectivity index (χ1v) is 7.49. The molecule has 1 aromatic rings. The minimum Gasteiger partial charge on any atom is -0.469 e. The lowest BCUT2D eigenvalue weighted by Crippen LogP contribution is -2.29. The topological polar surface area (TPSA) is 46.6 Å². The highest BCUT2D eigenvalue weighted by atomic mass is 32.1. The number of fused-ring (bicyclic) bond motifs is 1. The maximum atomic E-state index is 12.4. The molecule has 1 aromatic heterocycles. The lowest BCUT2D eigenvalue weighted by molar-refractivity contribution is -0.144. The Labute approximate surface area is 116 Å². The fourth-order valence-corrected chi connectivity index (χ4v) is 4.12. The van der Waals surface area contributed by atoms with Crippen molar-refractivity contribution < 1.29 is 14.3 Å². The van der Waals surface area contributed by atoms with Crippen molar-refractivity contribution in [3.05, 3.63) is 21.4 Å². The molecule has 0 bridgehead atoms. The van der Waals surface area contributed by atoms with Gasteiger partial charge in [-0.2, -0.15) is 0 Å². The van der Waals surface area contributed by atoms with Crippen molar-refractivity contribution in [2.45, 2.75) is 25.7 Å². The quantitative estimate of drug-likeness (QED) is 0.776. The first kappa shape index (κ1) is 12.7. The first-order chi connectivity index (χ1) is 9.19. The van der Waals surface area contributed by atoms with Crippen LogP contribution < -0.4 is 0 Å². The van der Waals surface area contributed by atoms with E-state index in [-0.39, 0.29) is 17.8 Å². The van der Waals surface area contributed by atoms with E-state index in [1.54, 1.807) is 16.2 Å². The van der Waals surface area contributed by atoms with Crippen LogP contribution in [0.15, 0.2) is 6.07 Å². The Morgan fingerprint density at radius 2 is 2.26 bits per heavy atom. The van der Waals surface area contributed by atoms with Gasteiger partial charge in [0.1, 0.15) is 0 Å². The Kier molecular flexibility index (Phi) is 3.31. The minimum atomic E-state index is -0.205. The third kappa shape index (κ3) is 2.27. The van der Waals surface area contributed by atoms with Crippen LogP contribution in [0.25, 0.3) is 0 Å². The molecule has 0 aromatic carbocycles. The summed E-state index contributed by atoms with van der Waals surface area (Å²) in [5.74, 6) is -0.282. The zero-order valence-corrected chi connectivity index (χ0v) is 11.8. The normalized spacial score (nSPS) is 21.5. The molecule has 1 atom stereocenters. The molecule has 102 valence electrons. The number of nitrogens with zero attached hydrogens (tertiary/aromatic N) is 1. The Hall–Kier alpha value is -1.36. The van der Waals surface area contributed by atoms with Gasteiger partial charge in [0.2, 0.25) is 0 Å². The number of thiophene rings is 1. The van der Waals surface area contributed by atoms with Crippen molar-refractivity contribution in [3.8, 4) is 0 Å². The lowest BCUT2D eigenvalue weighted by Gasteiger charge is -2.14. The zero-order valence-electron chi connectivity index (χ0n) is 11.0. The average molecular weight is 279 g/mol. The van der Waals surface area contributed by atoms with Gasteiger partial charge in [0.25, 0.3) is 5.91 Å². The van der Waals surface area contributed by atoms with Crippen LogP contribution in [0, 0.1) is 5.92 Å². The zero-order chi connectivity index (χ0) is 13.4. The van der Waals surface area contributed by atoms with Crippen molar-refractivity contribution in [2.24, 2.45) is 5.92 Å². The number of carbonyl (C=O) groups is 2. The van der Waals surface area contributed by atoms with Crippen LogP contribution in [0.2, 0.25) is 0 Å². The summed E-state index contributed by atoms with van der Waals surface area (Å²) in [6.07, 6.45) is 4.13. The van der Waals surface area contributed by atoms with E-state index in [1.807, 2.05) is 6.07 Å². The summed E-state index contributed by atoms with van der Waals surface area (Å²) in [4.78, 5) is 27.8. The smallest absolute Gasteiger partial charge is 0.310 e. The molecule has 1 unspecified atom stereocenters. The van der Waals surface area contributed by atoms with E-state index in [1.165, 1.54) is 24.0 Å². The lowest BCUT2D eigenvalue weighted by atomic mass is 10.1.